The van der Waals surface area contributed by atoms with Gasteiger partial charge in [-0.15, -0.1) is 0 Å². The third kappa shape index (κ3) is 4.98. The quantitative estimate of drug-likeness (QED) is 0.528. The number of aryl methyl sites for hydroxylation is 1. The minimum atomic E-state index is -3.80. The Balaban J connectivity index is 1.90. The number of benzene rings is 2. The summed E-state index contributed by atoms with van der Waals surface area (Å²) in [6, 6.07) is 14.0. The van der Waals surface area contributed by atoms with Crippen LogP contribution in [-0.2, 0) is 10.0 Å². The first-order valence-electron chi connectivity index (χ1n) is 9.48. The number of unbranched alkanes of at least 4 members (excludes halogenated alkanes) is 3. The van der Waals surface area contributed by atoms with Crippen LogP contribution in [0, 0.1) is 6.92 Å². The van der Waals surface area contributed by atoms with E-state index in [1.54, 1.807) is 24.3 Å². The summed E-state index contributed by atoms with van der Waals surface area (Å²) < 4.78 is 34.0. The summed E-state index contributed by atoms with van der Waals surface area (Å²) >= 11 is 0. The first kappa shape index (κ1) is 20.1. The van der Waals surface area contributed by atoms with Crippen molar-refractivity contribution in [1.29, 1.82) is 0 Å². The molecule has 0 bridgehead atoms. The second-order valence-corrected chi connectivity index (χ2v) is 8.38. The molecule has 0 amide bonds. The molecule has 0 aliphatic rings. The highest BCUT2D eigenvalue weighted by Gasteiger charge is 2.19. The van der Waals surface area contributed by atoms with Crippen molar-refractivity contribution in [2.45, 2.75) is 44.4 Å². The maximum absolute atomic E-state index is 12.8. The Morgan fingerprint density at radius 1 is 0.964 bits per heavy atom. The number of nitrogens with one attached hydrogen (secondary N) is 1. The smallest absolute Gasteiger partial charge is 0.263 e. The third-order valence-corrected chi connectivity index (χ3v) is 5.64. The molecule has 1 heterocycles. The molecule has 3 rings (SSSR count). The minimum Gasteiger partial charge on any atom is -0.475 e. The van der Waals surface area contributed by atoms with Crippen molar-refractivity contribution in [2.75, 3.05) is 11.3 Å². The SMILES string of the molecule is CCCCCCOc1nc2ccccc2nc1NS(=O)(=O)c1cccc(C)c1. The van der Waals surface area contributed by atoms with Crippen LogP contribution < -0.4 is 9.46 Å². The summed E-state index contributed by atoms with van der Waals surface area (Å²) in [5.74, 6) is 0.308. The van der Waals surface area contributed by atoms with Gasteiger partial charge in [0, 0.05) is 0 Å². The summed E-state index contributed by atoms with van der Waals surface area (Å²) in [6.45, 7) is 4.46. The summed E-state index contributed by atoms with van der Waals surface area (Å²) in [5.41, 5.74) is 2.12. The fourth-order valence-electron chi connectivity index (χ4n) is 2.82. The maximum Gasteiger partial charge on any atom is 0.263 e. The van der Waals surface area contributed by atoms with E-state index in [-0.39, 0.29) is 16.6 Å². The second-order valence-electron chi connectivity index (χ2n) is 6.70. The number of para-hydroxylation sites is 2. The lowest BCUT2D eigenvalue weighted by molar-refractivity contribution is 0.295. The molecule has 0 atom stereocenters. The van der Waals surface area contributed by atoms with Crippen LogP contribution in [0.25, 0.3) is 11.0 Å². The van der Waals surface area contributed by atoms with Crippen molar-refractivity contribution in [3.8, 4) is 5.88 Å². The van der Waals surface area contributed by atoms with Gasteiger partial charge in [0.25, 0.3) is 15.9 Å². The van der Waals surface area contributed by atoms with Crippen molar-refractivity contribution < 1.29 is 13.2 Å². The van der Waals surface area contributed by atoms with Crippen LogP contribution in [0.4, 0.5) is 5.82 Å². The lowest BCUT2D eigenvalue weighted by Gasteiger charge is -2.13. The maximum atomic E-state index is 12.8. The molecule has 0 aliphatic heterocycles. The molecule has 3 aromatic rings. The van der Waals surface area contributed by atoms with Gasteiger partial charge < -0.3 is 4.74 Å². The van der Waals surface area contributed by atoms with Crippen molar-refractivity contribution in [1.82, 2.24) is 9.97 Å². The monoisotopic (exact) mass is 399 g/mol. The number of fused-ring (bicyclic) bond motifs is 1. The largest absolute Gasteiger partial charge is 0.475 e. The lowest BCUT2D eigenvalue weighted by atomic mass is 10.2. The predicted octanol–water partition coefficient (Wildman–Crippen LogP) is 4.70. The Hall–Kier alpha value is -2.67. The van der Waals surface area contributed by atoms with Crippen molar-refractivity contribution >= 4 is 26.9 Å². The van der Waals surface area contributed by atoms with Gasteiger partial charge >= 0.3 is 0 Å². The molecule has 7 heteroatoms. The van der Waals surface area contributed by atoms with Crippen molar-refractivity contribution in [3.05, 3.63) is 54.1 Å². The van der Waals surface area contributed by atoms with E-state index in [4.69, 9.17) is 4.74 Å². The van der Waals surface area contributed by atoms with Crippen LogP contribution in [0.3, 0.4) is 0 Å². The molecule has 0 aliphatic carbocycles. The fourth-order valence-corrected chi connectivity index (χ4v) is 3.92. The number of sulfonamides is 1. The van der Waals surface area contributed by atoms with Crippen LogP contribution in [-0.4, -0.2) is 25.0 Å². The van der Waals surface area contributed by atoms with Gasteiger partial charge in [-0.05, 0) is 43.2 Å². The van der Waals surface area contributed by atoms with Gasteiger partial charge in [-0.2, -0.15) is 0 Å². The summed E-state index contributed by atoms with van der Waals surface area (Å²) in [7, 11) is -3.80. The molecule has 0 saturated heterocycles. The Labute approximate surface area is 166 Å². The Morgan fingerprint density at radius 2 is 1.71 bits per heavy atom. The van der Waals surface area contributed by atoms with Crippen LogP contribution in [0.15, 0.2) is 53.4 Å². The number of aromatic nitrogens is 2. The van der Waals surface area contributed by atoms with E-state index in [1.165, 1.54) is 0 Å². The number of hydrogen-bond acceptors (Lipinski definition) is 5. The average molecular weight is 400 g/mol. The Bertz CT molecular complexity index is 1050. The molecular weight excluding hydrogens is 374 g/mol. The van der Waals surface area contributed by atoms with E-state index >= 15 is 0 Å². The highest BCUT2D eigenvalue weighted by molar-refractivity contribution is 7.92. The van der Waals surface area contributed by atoms with Gasteiger partial charge in [0.15, 0.2) is 0 Å². The van der Waals surface area contributed by atoms with Gasteiger partial charge in [-0.1, -0.05) is 50.5 Å². The van der Waals surface area contributed by atoms with E-state index in [1.807, 2.05) is 31.2 Å². The number of hydrogen-bond donors (Lipinski definition) is 1. The number of rotatable bonds is 9. The summed E-state index contributed by atoms with van der Waals surface area (Å²) in [6.07, 6.45) is 4.21. The van der Waals surface area contributed by atoms with Gasteiger partial charge in [-0.3, -0.25) is 4.72 Å². The highest BCUT2D eigenvalue weighted by Crippen LogP contribution is 2.26. The third-order valence-electron chi connectivity index (χ3n) is 4.31. The number of nitrogens with zero attached hydrogens (tertiary/aromatic N) is 2. The standard InChI is InChI=1S/C21H25N3O3S/c1-3-4-5-8-14-27-21-20(22-18-12-6-7-13-19(18)23-21)24-28(25,26)17-11-9-10-16(2)15-17/h6-7,9-13,15H,3-5,8,14H2,1-2H3,(H,22,24). The molecule has 0 saturated carbocycles. The highest BCUT2D eigenvalue weighted by atomic mass is 32.2. The van der Waals surface area contributed by atoms with Gasteiger partial charge in [0.2, 0.25) is 5.82 Å². The van der Waals surface area contributed by atoms with Crippen LogP contribution in [0.1, 0.15) is 38.2 Å². The van der Waals surface area contributed by atoms with E-state index in [9.17, 15) is 8.42 Å². The summed E-state index contributed by atoms with van der Waals surface area (Å²) in [4.78, 5) is 9.10. The molecule has 0 unspecified atom stereocenters. The van der Waals surface area contributed by atoms with Crippen molar-refractivity contribution in [2.24, 2.45) is 0 Å². The first-order valence-corrected chi connectivity index (χ1v) is 11.0. The van der Waals surface area contributed by atoms with E-state index < -0.39 is 10.0 Å². The molecule has 1 aromatic heterocycles. The fraction of sp³-hybridized carbons (Fsp3) is 0.333. The molecule has 2 aromatic carbocycles. The molecule has 0 fully saturated rings. The molecule has 148 valence electrons. The zero-order chi connectivity index (χ0) is 20.0. The van der Waals surface area contributed by atoms with Crippen molar-refractivity contribution in [3.63, 3.8) is 0 Å². The number of ether oxygens (including phenoxy) is 1. The zero-order valence-electron chi connectivity index (χ0n) is 16.2. The van der Waals surface area contributed by atoms with Gasteiger partial charge in [-0.25, -0.2) is 18.4 Å². The van der Waals surface area contributed by atoms with Crippen LogP contribution in [0.5, 0.6) is 5.88 Å². The van der Waals surface area contributed by atoms with Crippen LogP contribution in [0.2, 0.25) is 0 Å². The molecule has 28 heavy (non-hydrogen) atoms. The normalized spacial score (nSPS) is 11.5. The van der Waals surface area contributed by atoms with E-state index in [0.717, 1.165) is 31.2 Å². The predicted molar refractivity (Wildman–Crippen MR) is 111 cm³/mol. The van der Waals surface area contributed by atoms with Gasteiger partial charge in [0.05, 0.1) is 22.5 Å². The van der Waals surface area contributed by atoms with E-state index in [2.05, 4.69) is 21.6 Å². The molecule has 0 radical (unpaired) electrons. The van der Waals surface area contributed by atoms with Crippen LogP contribution >= 0.6 is 0 Å². The molecule has 1 N–H and O–H groups in total. The topological polar surface area (TPSA) is 81.2 Å². The molecule has 6 nitrogen and oxygen atoms in total. The zero-order valence-corrected chi connectivity index (χ0v) is 17.0. The Morgan fingerprint density at radius 3 is 2.43 bits per heavy atom. The van der Waals surface area contributed by atoms with Gasteiger partial charge in [0.1, 0.15) is 0 Å². The lowest BCUT2D eigenvalue weighted by Crippen LogP contribution is -2.16. The molecule has 0 spiro atoms. The first-order chi connectivity index (χ1) is 13.5. The molecular formula is C21H25N3O3S. The minimum absolute atomic E-state index is 0.107. The van der Waals surface area contributed by atoms with E-state index in [0.29, 0.717) is 17.6 Å². The Kier molecular flexibility index (Phi) is 6.46. The number of anilines is 1. The average Bonchev–Trinajstić information content (AvgIpc) is 2.68. The summed E-state index contributed by atoms with van der Waals surface area (Å²) in [5, 5.41) is 0. The second kappa shape index (κ2) is 9.01.